The second-order valence-corrected chi connectivity index (χ2v) is 20.5. The molecule has 34 heavy (non-hydrogen) atoms. The maximum atomic E-state index is 5.38. The van der Waals surface area contributed by atoms with Gasteiger partial charge in [-0.15, -0.1) is 0 Å². The van der Waals surface area contributed by atoms with Gasteiger partial charge in [0.05, 0.1) is 29.8 Å². The van der Waals surface area contributed by atoms with Gasteiger partial charge in [-0.1, -0.05) is 94.3 Å². The topological polar surface area (TPSA) is 43.4 Å². The molecule has 16 heteroatoms. The molecule has 0 rings (SSSR count). The standard InChI is InChI=1S/C18H44N2O4S8Si2/c1-21-17(22-2)33-13-9-11-15(19(25-5)26-6)29-31-32-30-16(20(27-7)28-8)12-10-14-34-18(23-3)24-4/h15-18H,9-14,33-34H2,1-8H3. The summed E-state index contributed by atoms with van der Waals surface area (Å²) in [5.74, 6) is 0.102. The van der Waals surface area contributed by atoms with Crippen LogP contribution in [0.15, 0.2) is 0 Å². The van der Waals surface area contributed by atoms with Crippen molar-refractivity contribution in [2.75, 3.05) is 53.5 Å². The molecule has 0 bridgehead atoms. The van der Waals surface area contributed by atoms with E-state index >= 15 is 0 Å². The van der Waals surface area contributed by atoms with Gasteiger partial charge in [0, 0.05) is 28.4 Å². The average molecular weight is 665 g/mol. The van der Waals surface area contributed by atoms with E-state index in [4.69, 9.17) is 18.9 Å². The predicted octanol–water partition coefficient (Wildman–Crippen LogP) is 5.92. The van der Waals surface area contributed by atoms with Crippen LogP contribution in [0.4, 0.5) is 0 Å². The molecular formula is C18H44N2O4S8Si2. The lowest BCUT2D eigenvalue weighted by Crippen LogP contribution is -2.23. The summed E-state index contributed by atoms with van der Waals surface area (Å²) >= 11 is 7.30. The molecule has 6 nitrogen and oxygen atoms in total. The van der Waals surface area contributed by atoms with Crippen LogP contribution in [0.25, 0.3) is 0 Å². The van der Waals surface area contributed by atoms with Gasteiger partial charge in [-0.05, 0) is 57.5 Å². The summed E-state index contributed by atoms with van der Waals surface area (Å²) in [5, 5.41) is 0.977. The van der Waals surface area contributed by atoms with E-state index in [0.717, 1.165) is 0 Å². The summed E-state index contributed by atoms with van der Waals surface area (Å²) in [6, 6.07) is 2.50. The van der Waals surface area contributed by atoms with Gasteiger partial charge in [-0.3, -0.25) is 0 Å². The van der Waals surface area contributed by atoms with Crippen molar-refractivity contribution >= 4 is 108 Å². The van der Waals surface area contributed by atoms with Crippen LogP contribution in [0.3, 0.4) is 0 Å². The zero-order valence-corrected chi connectivity index (χ0v) is 31.1. The minimum absolute atomic E-state index is 0.0509. The van der Waals surface area contributed by atoms with Gasteiger partial charge in [-0.25, -0.2) is 0 Å². The van der Waals surface area contributed by atoms with Crippen LogP contribution in [0.5, 0.6) is 0 Å². The van der Waals surface area contributed by atoms with E-state index in [9.17, 15) is 0 Å². The third kappa shape index (κ3) is 17.6. The van der Waals surface area contributed by atoms with Gasteiger partial charge in [0.15, 0.2) is 0 Å². The van der Waals surface area contributed by atoms with Crippen molar-refractivity contribution in [3.63, 3.8) is 0 Å². The van der Waals surface area contributed by atoms with E-state index in [1.54, 1.807) is 28.4 Å². The number of hydrogen-bond acceptors (Lipinski definition) is 14. The number of ether oxygens (including phenoxy) is 4. The van der Waals surface area contributed by atoms with Gasteiger partial charge < -0.3 is 18.9 Å². The van der Waals surface area contributed by atoms with Crippen molar-refractivity contribution in [3.8, 4) is 0 Å². The fraction of sp³-hybridized carbons (Fsp3) is 1.00. The van der Waals surface area contributed by atoms with Gasteiger partial charge in [0.2, 0.25) is 0 Å². The summed E-state index contributed by atoms with van der Waals surface area (Å²) in [6.07, 6.45) is 13.5. The molecule has 0 aliphatic carbocycles. The molecule has 0 aliphatic heterocycles. The van der Waals surface area contributed by atoms with Crippen LogP contribution < -0.4 is 0 Å². The van der Waals surface area contributed by atoms with Gasteiger partial charge in [0.1, 0.15) is 11.8 Å². The molecule has 0 aromatic heterocycles. The van der Waals surface area contributed by atoms with Crippen molar-refractivity contribution in [2.45, 2.75) is 60.3 Å². The van der Waals surface area contributed by atoms with E-state index in [1.807, 2.05) is 89.0 Å². The maximum Gasteiger partial charge on any atom is 0.134 e. The lowest BCUT2D eigenvalue weighted by atomic mass is 10.3. The SMILES string of the molecule is COC(OC)[SiH2]CCCC(SSSSC(CCC[SiH2]C(OC)OC)N(SC)SC)N(SC)SC. The van der Waals surface area contributed by atoms with Crippen LogP contribution in [0.2, 0.25) is 12.1 Å². The number of hydrogen-bond donors (Lipinski definition) is 0. The van der Waals surface area contributed by atoms with Crippen molar-refractivity contribution in [1.82, 2.24) is 7.42 Å². The Bertz CT molecular complexity index is 407. The van der Waals surface area contributed by atoms with Crippen molar-refractivity contribution < 1.29 is 18.9 Å². The Kier molecular flexibility index (Phi) is 28.5. The Morgan fingerprint density at radius 3 is 1.18 bits per heavy atom. The quantitative estimate of drug-likeness (QED) is 0.0381. The molecule has 0 amide bonds. The zero-order chi connectivity index (χ0) is 25.6. The summed E-state index contributed by atoms with van der Waals surface area (Å²) < 4.78 is 26.4. The monoisotopic (exact) mass is 664 g/mol. The first-order valence-electron chi connectivity index (χ1n) is 11.1. The van der Waals surface area contributed by atoms with Gasteiger partial charge >= 0.3 is 0 Å². The van der Waals surface area contributed by atoms with E-state index < -0.39 is 0 Å². The Morgan fingerprint density at radius 1 is 0.588 bits per heavy atom. The molecular weight excluding hydrogens is 621 g/mol. The van der Waals surface area contributed by atoms with Crippen molar-refractivity contribution in [3.05, 3.63) is 0 Å². The minimum Gasteiger partial charge on any atom is -0.360 e. The largest absolute Gasteiger partial charge is 0.360 e. The third-order valence-electron chi connectivity index (χ3n) is 4.85. The van der Waals surface area contributed by atoms with Crippen LogP contribution in [0.1, 0.15) is 25.7 Å². The highest BCUT2D eigenvalue weighted by atomic mass is 33.7. The Balaban J connectivity index is 4.57. The molecule has 0 N–H and O–H groups in total. The van der Waals surface area contributed by atoms with Crippen molar-refractivity contribution in [1.29, 1.82) is 0 Å². The summed E-state index contributed by atoms with van der Waals surface area (Å²) in [6.45, 7) is 0. The maximum absolute atomic E-state index is 5.38. The van der Waals surface area contributed by atoms with E-state index in [0.29, 0.717) is 10.7 Å². The van der Waals surface area contributed by atoms with Crippen LogP contribution >= 0.6 is 89.0 Å². The second kappa shape index (κ2) is 26.2. The first-order chi connectivity index (χ1) is 16.5. The number of nitrogens with zero attached hydrogens (tertiary/aromatic N) is 2. The molecule has 0 saturated heterocycles. The van der Waals surface area contributed by atoms with E-state index in [2.05, 4.69) is 32.4 Å². The number of rotatable bonds is 25. The summed E-state index contributed by atoms with van der Waals surface area (Å²) in [4.78, 5) is 0. The zero-order valence-electron chi connectivity index (χ0n) is 21.8. The summed E-state index contributed by atoms with van der Waals surface area (Å²) in [7, 11) is 14.1. The molecule has 0 aromatic carbocycles. The average Bonchev–Trinajstić information content (AvgIpc) is 2.87. The van der Waals surface area contributed by atoms with E-state index in [-0.39, 0.29) is 30.9 Å². The van der Waals surface area contributed by atoms with Crippen LogP contribution in [0, 0.1) is 0 Å². The first kappa shape index (κ1) is 37.0. The highest BCUT2D eigenvalue weighted by Gasteiger charge is 2.22. The lowest BCUT2D eigenvalue weighted by Gasteiger charge is -2.27. The first-order valence-corrected chi connectivity index (χ1v) is 24.4. The normalized spacial score (nSPS) is 14.8. The minimum atomic E-state index is -0.348. The predicted molar refractivity (Wildman–Crippen MR) is 176 cm³/mol. The van der Waals surface area contributed by atoms with E-state index in [1.165, 1.54) is 37.8 Å². The molecule has 0 radical (unpaired) electrons. The van der Waals surface area contributed by atoms with Crippen LogP contribution in [-0.2, 0) is 18.9 Å². The summed E-state index contributed by atoms with van der Waals surface area (Å²) in [5.41, 5.74) is 0. The molecule has 2 atom stereocenters. The molecule has 0 aliphatic rings. The van der Waals surface area contributed by atoms with Crippen LogP contribution in [-0.4, -0.2) is 102 Å². The number of methoxy groups -OCH3 is 4. The molecule has 2 unspecified atom stereocenters. The third-order valence-corrected chi connectivity index (χ3v) is 20.7. The van der Waals surface area contributed by atoms with Gasteiger partial charge in [0.25, 0.3) is 0 Å². The fourth-order valence-corrected chi connectivity index (χ4v) is 17.2. The molecule has 0 spiro atoms. The lowest BCUT2D eigenvalue weighted by molar-refractivity contribution is -0.0442. The second-order valence-electron chi connectivity index (χ2n) is 6.91. The molecule has 0 saturated carbocycles. The van der Waals surface area contributed by atoms with Crippen molar-refractivity contribution in [2.24, 2.45) is 0 Å². The Hall–Kier alpha value is 2.99. The molecule has 0 fully saturated rings. The fourth-order valence-electron chi connectivity index (χ4n) is 3.04. The Labute approximate surface area is 246 Å². The molecule has 206 valence electrons. The highest BCUT2D eigenvalue weighted by Crippen LogP contribution is 2.51. The highest BCUT2D eigenvalue weighted by molar-refractivity contribution is 9.26. The molecule has 0 aromatic rings. The molecule has 0 heterocycles. The van der Waals surface area contributed by atoms with Gasteiger partial charge in [-0.2, -0.15) is 7.42 Å². The Morgan fingerprint density at radius 2 is 0.912 bits per heavy atom. The smallest absolute Gasteiger partial charge is 0.134 e.